The molecule has 0 saturated heterocycles. The number of phenolic OH excluding ortho intramolecular Hbond substituents is 2. The number of aromatic hydroxyl groups is 2. The third-order valence-corrected chi connectivity index (χ3v) is 11.2. The van der Waals surface area contributed by atoms with Gasteiger partial charge in [-0.2, -0.15) is 0 Å². The SMILES string of the molecule is COc1cc(OC)cc(C(NC(=O)COc2ccccc2)c2cc(Cl)c3cccnc3c2O)c1.O=C(COc1ccccc1)NC(c1cccs1)c1cc(Cl)c2cccnc2c1O. The van der Waals surface area contributed by atoms with E-state index >= 15 is 0 Å². The summed E-state index contributed by atoms with van der Waals surface area (Å²) in [6.45, 7) is -0.367. The highest BCUT2D eigenvalue weighted by molar-refractivity contribution is 7.10. The number of nitrogens with zero attached hydrogens (tertiary/aromatic N) is 2. The molecule has 320 valence electrons. The van der Waals surface area contributed by atoms with Crippen LogP contribution in [0.5, 0.6) is 34.5 Å². The number of thiophene rings is 1. The number of para-hydroxylation sites is 2. The molecule has 0 aliphatic heterocycles. The Bertz CT molecular complexity index is 2810. The topological polar surface area (TPSA) is 161 Å². The zero-order valence-corrected chi connectivity index (χ0v) is 36.2. The zero-order valence-electron chi connectivity index (χ0n) is 33.8. The minimum absolute atomic E-state index is 0.00678. The van der Waals surface area contributed by atoms with Crippen LogP contribution in [0.1, 0.15) is 33.7 Å². The summed E-state index contributed by atoms with van der Waals surface area (Å²) in [5, 5.41) is 31.9. The first kappa shape index (κ1) is 44.0. The summed E-state index contributed by atoms with van der Waals surface area (Å²) in [6, 6.07) is 36.1. The number of carbonyl (C=O) groups excluding carboxylic acids is 2. The quantitative estimate of drug-likeness (QED) is 0.0827. The van der Waals surface area contributed by atoms with Crippen LogP contribution >= 0.6 is 34.5 Å². The smallest absolute Gasteiger partial charge is 0.258 e. The second kappa shape index (κ2) is 20.7. The maximum atomic E-state index is 12.9. The zero-order chi connectivity index (χ0) is 44.3. The van der Waals surface area contributed by atoms with E-state index in [1.807, 2.05) is 53.9 Å². The molecule has 0 saturated carbocycles. The van der Waals surface area contributed by atoms with Crippen LogP contribution < -0.4 is 29.6 Å². The minimum atomic E-state index is -0.792. The number of rotatable bonds is 14. The second-order valence-electron chi connectivity index (χ2n) is 13.8. The van der Waals surface area contributed by atoms with Crippen molar-refractivity contribution < 1.29 is 38.7 Å². The molecule has 0 aliphatic carbocycles. The lowest BCUT2D eigenvalue weighted by atomic mass is 9.95. The first-order valence-electron chi connectivity index (χ1n) is 19.4. The number of pyridine rings is 2. The Morgan fingerprint density at radius 2 is 1.08 bits per heavy atom. The molecule has 8 aromatic rings. The summed E-state index contributed by atoms with van der Waals surface area (Å²) in [4.78, 5) is 34.9. The van der Waals surface area contributed by atoms with E-state index in [-0.39, 0.29) is 30.6 Å². The van der Waals surface area contributed by atoms with Gasteiger partial charge in [0.2, 0.25) is 0 Å². The van der Waals surface area contributed by atoms with Gasteiger partial charge in [0.1, 0.15) is 45.5 Å². The minimum Gasteiger partial charge on any atom is -0.505 e. The Balaban J connectivity index is 0.000000191. The van der Waals surface area contributed by atoms with Gasteiger partial charge in [-0.1, -0.05) is 65.7 Å². The van der Waals surface area contributed by atoms with Crippen LogP contribution in [0.25, 0.3) is 21.8 Å². The number of carbonyl (C=O) groups is 2. The number of ether oxygens (including phenoxy) is 4. The molecule has 0 aliphatic rings. The van der Waals surface area contributed by atoms with Crippen molar-refractivity contribution in [3.8, 4) is 34.5 Å². The van der Waals surface area contributed by atoms with Crippen molar-refractivity contribution in [3.63, 3.8) is 0 Å². The average molecular weight is 904 g/mol. The van der Waals surface area contributed by atoms with E-state index < -0.39 is 18.0 Å². The number of nitrogens with one attached hydrogen (secondary N) is 2. The van der Waals surface area contributed by atoms with Crippen molar-refractivity contribution in [2.24, 2.45) is 0 Å². The molecule has 0 spiro atoms. The van der Waals surface area contributed by atoms with E-state index in [1.165, 1.54) is 25.6 Å². The molecule has 5 aromatic carbocycles. The molecule has 2 unspecified atom stereocenters. The highest BCUT2D eigenvalue weighted by Crippen LogP contribution is 2.41. The van der Waals surface area contributed by atoms with Gasteiger partial charge in [-0.15, -0.1) is 11.3 Å². The fourth-order valence-corrected chi connectivity index (χ4v) is 8.02. The number of hydrogen-bond acceptors (Lipinski definition) is 11. The van der Waals surface area contributed by atoms with Gasteiger partial charge in [0, 0.05) is 45.2 Å². The number of aromatic nitrogens is 2. The molecular weight excluding hydrogens is 864 g/mol. The van der Waals surface area contributed by atoms with E-state index in [2.05, 4.69) is 20.6 Å². The predicted molar refractivity (Wildman–Crippen MR) is 245 cm³/mol. The Hall–Kier alpha value is -7.06. The van der Waals surface area contributed by atoms with Gasteiger partial charge in [-0.25, -0.2) is 0 Å². The molecule has 63 heavy (non-hydrogen) atoms. The van der Waals surface area contributed by atoms with Crippen LogP contribution in [0.3, 0.4) is 0 Å². The van der Waals surface area contributed by atoms with Crippen molar-refractivity contribution >= 4 is 68.2 Å². The normalized spacial score (nSPS) is 11.7. The molecule has 3 heterocycles. The lowest BCUT2D eigenvalue weighted by molar-refractivity contribution is -0.124. The first-order chi connectivity index (χ1) is 30.6. The fourth-order valence-electron chi connectivity index (χ4n) is 6.68. The molecule has 0 radical (unpaired) electrons. The molecule has 4 N–H and O–H groups in total. The van der Waals surface area contributed by atoms with E-state index in [0.29, 0.717) is 71.5 Å². The summed E-state index contributed by atoms with van der Waals surface area (Å²) in [5.74, 6) is 1.42. The number of benzene rings is 5. The Labute approximate surface area is 376 Å². The standard InChI is InChI=1S/C26H23ClN2O5.C22H17ClN2O3S/c1-32-18-11-16(12-19(13-18)33-2)24(29-23(30)15-34-17-7-4-3-5-8-17)21-14-22(27)20-9-6-10-28-25(20)26(21)31;23-17-12-16(22(27)21-15(17)8-4-10-24-21)20(18-9-5-11-29-18)25-19(26)13-28-14-6-2-1-3-7-14/h3-14,24,31H,15H2,1-2H3,(H,29,30);1-12,20,27H,13H2,(H,25,26). The number of hydrogen-bond donors (Lipinski definition) is 4. The van der Waals surface area contributed by atoms with Crippen LogP contribution in [0.2, 0.25) is 10.0 Å². The number of halogens is 2. The van der Waals surface area contributed by atoms with E-state index in [9.17, 15) is 19.8 Å². The average Bonchev–Trinajstić information content (AvgIpc) is 3.87. The molecule has 2 atom stereocenters. The first-order valence-corrected chi connectivity index (χ1v) is 21.0. The highest BCUT2D eigenvalue weighted by atomic mass is 35.5. The van der Waals surface area contributed by atoms with Gasteiger partial charge in [0.25, 0.3) is 11.8 Å². The molecule has 8 rings (SSSR count). The van der Waals surface area contributed by atoms with Crippen LogP contribution in [-0.4, -0.2) is 59.4 Å². The number of phenols is 2. The Morgan fingerprint density at radius 3 is 1.54 bits per heavy atom. The Morgan fingerprint density at radius 1 is 0.603 bits per heavy atom. The maximum Gasteiger partial charge on any atom is 0.258 e. The van der Waals surface area contributed by atoms with Crippen molar-refractivity contribution in [1.82, 2.24) is 20.6 Å². The second-order valence-corrected chi connectivity index (χ2v) is 15.6. The molecule has 0 bridgehead atoms. The number of methoxy groups -OCH3 is 2. The van der Waals surface area contributed by atoms with Gasteiger partial charge in [0.15, 0.2) is 13.2 Å². The van der Waals surface area contributed by atoms with Gasteiger partial charge in [0.05, 0.1) is 36.3 Å². The Kier molecular flexibility index (Phi) is 14.4. The molecule has 3 aromatic heterocycles. The van der Waals surface area contributed by atoms with Gasteiger partial charge in [-0.3, -0.25) is 19.6 Å². The lowest BCUT2D eigenvalue weighted by Crippen LogP contribution is -2.33. The predicted octanol–water partition coefficient (Wildman–Crippen LogP) is 9.84. The summed E-state index contributed by atoms with van der Waals surface area (Å²) in [6.07, 6.45) is 3.16. The molecular formula is C48H40Cl2N4O8S. The van der Waals surface area contributed by atoms with E-state index in [4.69, 9.17) is 42.1 Å². The summed E-state index contributed by atoms with van der Waals surface area (Å²) in [7, 11) is 3.07. The maximum absolute atomic E-state index is 12.9. The third-order valence-electron chi connectivity index (χ3n) is 9.68. The van der Waals surface area contributed by atoms with Gasteiger partial charge >= 0.3 is 0 Å². The van der Waals surface area contributed by atoms with Crippen LogP contribution in [0.4, 0.5) is 0 Å². The summed E-state index contributed by atoms with van der Waals surface area (Å²) in [5.41, 5.74) is 2.20. The molecule has 0 fully saturated rings. The van der Waals surface area contributed by atoms with Crippen molar-refractivity contribution in [2.75, 3.05) is 27.4 Å². The van der Waals surface area contributed by atoms with Gasteiger partial charge in [-0.05, 0) is 89.8 Å². The van der Waals surface area contributed by atoms with Crippen LogP contribution in [0.15, 0.2) is 145 Å². The van der Waals surface area contributed by atoms with Crippen LogP contribution in [0, 0.1) is 0 Å². The fraction of sp³-hybridized carbons (Fsp3) is 0.125. The number of fused-ring (bicyclic) bond motifs is 2. The molecule has 12 nitrogen and oxygen atoms in total. The highest BCUT2D eigenvalue weighted by Gasteiger charge is 2.26. The lowest BCUT2D eigenvalue weighted by Gasteiger charge is -2.23. The molecule has 2 amide bonds. The van der Waals surface area contributed by atoms with E-state index in [1.54, 1.807) is 91.3 Å². The number of amides is 2. The van der Waals surface area contributed by atoms with Gasteiger partial charge < -0.3 is 39.8 Å². The van der Waals surface area contributed by atoms with Crippen molar-refractivity contribution in [3.05, 3.63) is 177 Å². The van der Waals surface area contributed by atoms with Crippen LogP contribution in [-0.2, 0) is 9.59 Å². The summed E-state index contributed by atoms with van der Waals surface area (Å²) >= 11 is 14.4. The monoisotopic (exact) mass is 902 g/mol. The largest absolute Gasteiger partial charge is 0.505 e. The third kappa shape index (κ3) is 10.7. The van der Waals surface area contributed by atoms with E-state index in [0.717, 1.165) is 4.88 Å². The van der Waals surface area contributed by atoms with Crippen molar-refractivity contribution in [1.29, 1.82) is 0 Å². The van der Waals surface area contributed by atoms with Crippen molar-refractivity contribution in [2.45, 2.75) is 12.1 Å². The molecule has 15 heteroatoms. The summed E-state index contributed by atoms with van der Waals surface area (Å²) < 4.78 is 21.9.